The lowest BCUT2D eigenvalue weighted by Crippen LogP contribution is -2.17. The minimum atomic E-state index is -0.122. The van der Waals surface area contributed by atoms with E-state index in [1.807, 2.05) is 37.5 Å². The highest BCUT2D eigenvalue weighted by molar-refractivity contribution is 6.31. The van der Waals surface area contributed by atoms with E-state index >= 15 is 0 Å². The van der Waals surface area contributed by atoms with Gasteiger partial charge in [-0.05, 0) is 32.4 Å². The molecule has 2 aromatic rings. The number of ether oxygens (including phenoxy) is 2. The Hall–Kier alpha value is -1.59. The minimum Gasteiger partial charge on any atom is -0.483 e. The van der Waals surface area contributed by atoms with Crippen LogP contribution in [0.25, 0.3) is 5.69 Å². The Morgan fingerprint density at radius 2 is 2.25 bits per heavy atom. The molecule has 0 bridgehead atoms. The van der Waals surface area contributed by atoms with E-state index in [9.17, 15) is 0 Å². The molecule has 0 spiro atoms. The van der Waals surface area contributed by atoms with Crippen LogP contribution < -0.4 is 4.74 Å². The van der Waals surface area contributed by atoms with E-state index < -0.39 is 0 Å². The molecule has 1 aliphatic rings. The van der Waals surface area contributed by atoms with Crippen LogP contribution in [-0.4, -0.2) is 21.4 Å². The number of hydrogen-bond donors (Lipinski definition) is 0. The number of benzene rings is 1. The second-order valence-electron chi connectivity index (χ2n) is 4.77. The van der Waals surface area contributed by atoms with Crippen molar-refractivity contribution >= 4 is 11.6 Å². The van der Waals surface area contributed by atoms with Crippen LogP contribution in [0.1, 0.15) is 37.2 Å². The Morgan fingerprint density at radius 3 is 3.00 bits per heavy atom. The summed E-state index contributed by atoms with van der Waals surface area (Å²) >= 11 is 6.15. The van der Waals surface area contributed by atoms with E-state index in [2.05, 4.69) is 10.2 Å². The van der Waals surface area contributed by atoms with E-state index in [4.69, 9.17) is 21.1 Å². The molecule has 0 N–H and O–H groups in total. The average Bonchev–Trinajstić information content (AvgIpc) is 2.85. The maximum atomic E-state index is 6.15. The number of halogens is 1. The van der Waals surface area contributed by atoms with Gasteiger partial charge in [0.25, 0.3) is 0 Å². The molecule has 6 heteroatoms. The van der Waals surface area contributed by atoms with Crippen molar-refractivity contribution in [2.24, 2.45) is 0 Å². The summed E-state index contributed by atoms with van der Waals surface area (Å²) < 4.78 is 13.3. The monoisotopic (exact) mass is 293 g/mol. The quantitative estimate of drug-likeness (QED) is 0.872. The number of fused-ring (bicyclic) bond motifs is 3. The number of nitrogens with zero attached hydrogens (tertiary/aromatic N) is 3. The summed E-state index contributed by atoms with van der Waals surface area (Å²) in [6.07, 6.45) is -0.122. The lowest BCUT2D eigenvalue weighted by Gasteiger charge is -2.22. The molecule has 1 aromatic heterocycles. The van der Waals surface area contributed by atoms with Crippen molar-refractivity contribution in [3.63, 3.8) is 0 Å². The molecule has 5 nitrogen and oxygen atoms in total. The highest BCUT2D eigenvalue weighted by Gasteiger charge is 2.26. The predicted octanol–water partition coefficient (Wildman–Crippen LogP) is 3.22. The van der Waals surface area contributed by atoms with Crippen LogP contribution in [0.2, 0.25) is 5.02 Å². The molecule has 2 heterocycles. The lowest BCUT2D eigenvalue weighted by molar-refractivity contribution is 0.0683. The van der Waals surface area contributed by atoms with Gasteiger partial charge < -0.3 is 9.47 Å². The molecule has 0 fully saturated rings. The average molecular weight is 294 g/mol. The molecule has 20 heavy (non-hydrogen) atoms. The van der Waals surface area contributed by atoms with Crippen LogP contribution in [0.15, 0.2) is 12.1 Å². The first-order valence-electron chi connectivity index (χ1n) is 6.61. The predicted molar refractivity (Wildman–Crippen MR) is 75.5 cm³/mol. The van der Waals surface area contributed by atoms with Crippen LogP contribution in [0, 0.1) is 6.92 Å². The first kappa shape index (κ1) is 13.4. The molecule has 1 aromatic carbocycles. The van der Waals surface area contributed by atoms with Crippen LogP contribution in [-0.2, 0) is 11.3 Å². The third-order valence-electron chi connectivity index (χ3n) is 3.37. The summed E-state index contributed by atoms with van der Waals surface area (Å²) in [5.41, 5.74) is 1.91. The van der Waals surface area contributed by atoms with Crippen LogP contribution in [0.4, 0.5) is 0 Å². The molecular weight excluding hydrogens is 278 g/mol. The summed E-state index contributed by atoms with van der Waals surface area (Å²) in [4.78, 5) is 0. The van der Waals surface area contributed by atoms with Crippen molar-refractivity contribution in [1.29, 1.82) is 0 Å². The van der Waals surface area contributed by atoms with Crippen LogP contribution in [0.5, 0.6) is 5.75 Å². The molecule has 1 atom stereocenters. The Balaban J connectivity index is 2.14. The van der Waals surface area contributed by atoms with Crippen LogP contribution in [0.3, 0.4) is 0 Å². The second kappa shape index (κ2) is 5.07. The Bertz CT molecular complexity index is 654. The largest absolute Gasteiger partial charge is 0.483 e. The number of aromatic nitrogens is 3. The van der Waals surface area contributed by atoms with Gasteiger partial charge in [-0.25, -0.2) is 0 Å². The highest BCUT2D eigenvalue weighted by Crippen LogP contribution is 2.35. The molecule has 0 saturated carbocycles. The molecule has 0 amide bonds. The first-order chi connectivity index (χ1) is 9.61. The van der Waals surface area contributed by atoms with E-state index in [1.165, 1.54) is 0 Å². The second-order valence-corrected chi connectivity index (χ2v) is 5.17. The summed E-state index contributed by atoms with van der Waals surface area (Å²) in [6, 6.07) is 3.83. The maximum absolute atomic E-state index is 6.15. The van der Waals surface area contributed by atoms with Crippen LogP contribution >= 0.6 is 11.6 Å². The third kappa shape index (κ3) is 2.07. The number of aryl methyl sites for hydroxylation is 1. The van der Waals surface area contributed by atoms with Crippen molar-refractivity contribution in [2.75, 3.05) is 6.61 Å². The molecule has 106 valence electrons. The fraction of sp³-hybridized carbons (Fsp3) is 0.429. The highest BCUT2D eigenvalue weighted by atomic mass is 35.5. The Kier molecular flexibility index (Phi) is 3.40. The van der Waals surface area contributed by atoms with Crippen molar-refractivity contribution in [3.8, 4) is 11.4 Å². The van der Waals surface area contributed by atoms with E-state index in [0.29, 0.717) is 18.2 Å². The molecule has 1 aliphatic heterocycles. The van der Waals surface area contributed by atoms with E-state index in [1.54, 1.807) is 0 Å². The fourth-order valence-corrected chi connectivity index (χ4v) is 2.51. The zero-order chi connectivity index (χ0) is 14.3. The molecular formula is C14H16ClN3O2. The van der Waals surface area contributed by atoms with Gasteiger partial charge in [-0.15, -0.1) is 10.2 Å². The van der Waals surface area contributed by atoms with Crippen molar-refractivity contribution in [1.82, 2.24) is 14.8 Å². The van der Waals surface area contributed by atoms with Gasteiger partial charge in [0, 0.05) is 17.7 Å². The summed E-state index contributed by atoms with van der Waals surface area (Å²) in [6.45, 7) is 6.92. The van der Waals surface area contributed by atoms with Gasteiger partial charge in [-0.2, -0.15) is 0 Å². The van der Waals surface area contributed by atoms with Crippen molar-refractivity contribution in [2.45, 2.75) is 33.5 Å². The smallest absolute Gasteiger partial charge is 0.175 e. The zero-order valence-electron chi connectivity index (χ0n) is 11.7. The van der Waals surface area contributed by atoms with Crippen molar-refractivity contribution in [3.05, 3.63) is 34.4 Å². The number of hydrogen-bond acceptors (Lipinski definition) is 4. The Labute approximate surface area is 122 Å². The van der Waals surface area contributed by atoms with Crippen molar-refractivity contribution < 1.29 is 9.47 Å². The maximum Gasteiger partial charge on any atom is 0.175 e. The zero-order valence-corrected chi connectivity index (χ0v) is 12.4. The molecule has 3 rings (SSSR count). The molecule has 0 saturated heterocycles. The van der Waals surface area contributed by atoms with Gasteiger partial charge >= 0.3 is 0 Å². The number of rotatable bonds is 3. The lowest BCUT2D eigenvalue weighted by atomic mass is 10.1. The fourth-order valence-electron chi connectivity index (χ4n) is 2.35. The summed E-state index contributed by atoms with van der Waals surface area (Å²) in [7, 11) is 0. The van der Waals surface area contributed by atoms with E-state index in [-0.39, 0.29) is 6.10 Å². The molecule has 0 radical (unpaired) electrons. The Morgan fingerprint density at radius 1 is 1.45 bits per heavy atom. The van der Waals surface area contributed by atoms with E-state index in [0.717, 1.165) is 28.6 Å². The molecule has 1 unspecified atom stereocenters. The standard InChI is InChI=1S/C14H16ClN3O2/c1-4-19-9(3)14-17-16-13-7-20-12-6-10(15)8(2)5-11(12)18(13)14/h5-6,9H,4,7H2,1-3H3. The SMILES string of the molecule is CCOC(C)c1nnc2n1-c1cc(C)c(Cl)cc1OC2. The van der Waals surface area contributed by atoms with Gasteiger partial charge in [-0.3, -0.25) is 4.57 Å². The van der Waals surface area contributed by atoms with Gasteiger partial charge in [0.15, 0.2) is 11.6 Å². The van der Waals surface area contributed by atoms with Gasteiger partial charge in [0.2, 0.25) is 0 Å². The topological polar surface area (TPSA) is 49.2 Å². The summed E-state index contributed by atoms with van der Waals surface area (Å²) in [5, 5.41) is 9.12. The minimum absolute atomic E-state index is 0.122. The third-order valence-corrected chi connectivity index (χ3v) is 3.78. The molecule has 0 aliphatic carbocycles. The van der Waals surface area contributed by atoms with Gasteiger partial charge in [0.1, 0.15) is 18.5 Å². The normalized spacial score (nSPS) is 14.4. The van der Waals surface area contributed by atoms with Gasteiger partial charge in [0.05, 0.1) is 5.69 Å². The van der Waals surface area contributed by atoms with Gasteiger partial charge in [-0.1, -0.05) is 11.6 Å². The summed E-state index contributed by atoms with van der Waals surface area (Å²) in [5.74, 6) is 2.31. The first-order valence-corrected chi connectivity index (χ1v) is 6.98.